The van der Waals surface area contributed by atoms with Crippen LogP contribution in [0.5, 0.6) is 0 Å². The first-order valence-corrected chi connectivity index (χ1v) is 11.8. The van der Waals surface area contributed by atoms with E-state index in [-0.39, 0.29) is 30.2 Å². The molecule has 0 aromatic heterocycles. The molecule has 3 atom stereocenters. The summed E-state index contributed by atoms with van der Waals surface area (Å²) in [6, 6.07) is 4.56. The number of rotatable bonds is 11. The molecule has 3 rings (SSSR count). The summed E-state index contributed by atoms with van der Waals surface area (Å²) in [7, 11) is 0. The lowest BCUT2D eigenvalue weighted by atomic mass is 10.00. The number of carboxylic acids is 1. The lowest BCUT2D eigenvalue weighted by molar-refractivity contribution is -0.137. The van der Waals surface area contributed by atoms with Gasteiger partial charge in [-0.15, -0.1) is 0 Å². The summed E-state index contributed by atoms with van der Waals surface area (Å²) in [6.07, 6.45) is 4.80. The number of carbonyl (C=O) groups is 4. The van der Waals surface area contributed by atoms with Crippen molar-refractivity contribution < 1.29 is 24.3 Å². The SMILES string of the molecule is CC1CCC(N2Cc3c(NC(C)C(=O)NCCCCCCC(=O)O)cccc3C2=O)C(=O)N1. The summed E-state index contributed by atoms with van der Waals surface area (Å²) in [4.78, 5) is 50.1. The maximum atomic E-state index is 13.0. The molecular formula is C24H34N4O5. The number of piperidine rings is 1. The monoisotopic (exact) mass is 458 g/mol. The van der Waals surface area contributed by atoms with Gasteiger partial charge in [-0.2, -0.15) is 0 Å². The third-order valence-corrected chi connectivity index (χ3v) is 6.32. The lowest BCUT2D eigenvalue weighted by Crippen LogP contribution is -2.53. The van der Waals surface area contributed by atoms with Crippen LogP contribution in [0.2, 0.25) is 0 Å². The molecule has 0 saturated carbocycles. The summed E-state index contributed by atoms with van der Waals surface area (Å²) in [5, 5.41) is 17.7. The molecule has 3 amide bonds. The molecule has 2 aliphatic rings. The number of benzene rings is 1. The molecule has 0 bridgehead atoms. The normalized spacial score (nSPS) is 20.7. The standard InChI is InChI=1S/C24H34N4O5/c1-15-11-12-20(23(32)26-15)28-14-18-17(24(28)33)8-7-9-19(18)27-16(2)22(31)25-13-6-4-3-5-10-21(29)30/h7-9,15-16,20,27H,3-6,10-14H2,1-2H3,(H,25,31)(H,26,32)(H,29,30). The first-order chi connectivity index (χ1) is 15.8. The number of anilines is 1. The molecule has 3 unspecified atom stereocenters. The largest absolute Gasteiger partial charge is 0.481 e. The Kier molecular flexibility index (Phi) is 8.30. The van der Waals surface area contributed by atoms with Crippen LogP contribution in [0.25, 0.3) is 0 Å². The van der Waals surface area contributed by atoms with Gasteiger partial charge in [-0.25, -0.2) is 0 Å². The lowest BCUT2D eigenvalue weighted by Gasteiger charge is -2.33. The van der Waals surface area contributed by atoms with E-state index >= 15 is 0 Å². The van der Waals surface area contributed by atoms with Gasteiger partial charge in [-0.3, -0.25) is 19.2 Å². The van der Waals surface area contributed by atoms with Crippen molar-refractivity contribution in [1.29, 1.82) is 0 Å². The topological polar surface area (TPSA) is 128 Å². The van der Waals surface area contributed by atoms with Crippen molar-refractivity contribution in [2.45, 2.75) is 83.5 Å². The Labute approximate surface area is 194 Å². The molecule has 0 radical (unpaired) electrons. The molecule has 4 N–H and O–H groups in total. The highest BCUT2D eigenvalue weighted by atomic mass is 16.4. The number of unbranched alkanes of at least 4 members (excludes halogenated alkanes) is 3. The maximum absolute atomic E-state index is 13.0. The Morgan fingerprint density at radius 1 is 1.18 bits per heavy atom. The number of amides is 3. The highest BCUT2D eigenvalue weighted by Gasteiger charge is 2.39. The summed E-state index contributed by atoms with van der Waals surface area (Å²) in [5.74, 6) is -1.18. The molecule has 33 heavy (non-hydrogen) atoms. The van der Waals surface area contributed by atoms with Gasteiger partial charge in [0.25, 0.3) is 5.91 Å². The third kappa shape index (κ3) is 6.24. The summed E-state index contributed by atoms with van der Waals surface area (Å²) in [5.41, 5.74) is 2.11. The fourth-order valence-corrected chi connectivity index (χ4v) is 4.41. The van der Waals surface area contributed by atoms with Gasteiger partial charge >= 0.3 is 5.97 Å². The minimum absolute atomic E-state index is 0.111. The molecule has 2 aliphatic heterocycles. The van der Waals surface area contributed by atoms with Crippen molar-refractivity contribution in [3.63, 3.8) is 0 Å². The van der Waals surface area contributed by atoms with Crippen molar-refractivity contribution >= 4 is 29.4 Å². The minimum Gasteiger partial charge on any atom is -0.481 e. The van der Waals surface area contributed by atoms with Gasteiger partial charge in [0.2, 0.25) is 11.8 Å². The average molecular weight is 459 g/mol. The minimum atomic E-state index is -0.781. The van der Waals surface area contributed by atoms with E-state index in [9.17, 15) is 19.2 Å². The molecule has 1 aromatic carbocycles. The van der Waals surface area contributed by atoms with E-state index in [4.69, 9.17) is 5.11 Å². The van der Waals surface area contributed by atoms with Gasteiger partial charge < -0.3 is 26.0 Å². The average Bonchev–Trinajstić information content (AvgIpc) is 3.10. The van der Waals surface area contributed by atoms with E-state index in [2.05, 4.69) is 16.0 Å². The third-order valence-electron chi connectivity index (χ3n) is 6.32. The van der Waals surface area contributed by atoms with E-state index in [1.807, 2.05) is 13.0 Å². The van der Waals surface area contributed by atoms with E-state index < -0.39 is 18.1 Å². The number of hydrogen-bond acceptors (Lipinski definition) is 5. The fourth-order valence-electron chi connectivity index (χ4n) is 4.41. The van der Waals surface area contributed by atoms with Crippen LogP contribution in [-0.4, -0.2) is 58.4 Å². The highest BCUT2D eigenvalue weighted by molar-refractivity contribution is 6.03. The Hall–Kier alpha value is -3.10. The van der Waals surface area contributed by atoms with Crippen molar-refractivity contribution in [1.82, 2.24) is 15.5 Å². The fraction of sp³-hybridized carbons (Fsp3) is 0.583. The second-order valence-corrected chi connectivity index (χ2v) is 8.98. The smallest absolute Gasteiger partial charge is 0.303 e. The van der Waals surface area contributed by atoms with Crippen LogP contribution in [0.1, 0.15) is 74.7 Å². The predicted molar refractivity (Wildman–Crippen MR) is 124 cm³/mol. The quantitative estimate of drug-likeness (QED) is 0.377. The second-order valence-electron chi connectivity index (χ2n) is 8.98. The van der Waals surface area contributed by atoms with Crippen molar-refractivity contribution in [2.24, 2.45) is 0 Å². The zero-order valence-electron chi connectivity index (χ0n) is 19.4. The Balaban J connectivity index is 1.52. The van der Waals surface area contributed by atoms with Crippen molar-refractivity contribution in [3.05, 3.63) is 29.3 Å². The Bertz CT molecular complexity index is 903. The number of nitrogens with zero attached hydrogens (tertiary/aromatic N) is 1. The number of carboxylic acid groups (broad SMARTS) is 1. The van der Waals surface area contributed by atoms with E-state index in [1.54, 1.807) is 24.0 Å². The molecule has 9 heteroatoms. The Morgan fingerprint density at radius 2 is 1.94 bits per heavy atom. The molecule has 1 saturated heterocycles. The molecule has 180 valence electrons. The predicted octanol–water partition coefficient (Wildman–Crippen LogP) is 2.26. The molecule has 0 spiro atoms. The van der Waals surface area contributed by atoms with Crippen molar-refractivity contribution in [3.8, 4) is 0 Å². The number of nitrogens with one attached hydrogen (secondary N) is 3. The van der Waals surface area contributed by atoms with Crippen LogP contribution in [0.15, 0.2) is 18.2 Å². The molecule has 1 fully saturated rings. The van der Waals surface area contributed by atoms with Crippen LogP contribution >= 0.6 is 0 Å². The zero-order valence-corrected chi connectivity index (χ0v) is 19.4. The molecule has 0 aliphatic carbocycles. The van der Waals surface area contributed by atoms with Crippen LogP contribution in [0.3, 0.4) is 0 Å². The first-order valence-electron chi connectivity index (χ1n) is 11.8. The Morgan fingerprint density at radius 3 is 2.67 bits per heavy atom. The molecule has 2 heterocycles. The van der Waals surface area contributed by atoms with Gasteiger partial charge in [0.1, 0.15) is 12.1 Å². The van der Waals surface area contributed by atoms with Gasteiger partial charge in [0, 0.05) is 42.4 Å². The van der Waals surface area contributed by atoms with E-state index in [0.29, 0.717) is 31.5 Å². The van der Waals surface area contributed by atoms with Gasteiger partial charge in [-0.05, 0) is 51.7 Å². The van der Waals surface area contributed by atoms with Crippen LogP contribution in [0, 0.1) is 0 Å². The number of carbonyl (C=O) groups excluding carboxylic acids is 3. The molecule has 1 aromatic rings. The van der Waals surface area contributed by atoms with E-state index in [1.165, 1.54) is 0 Å². The summed E-state index contributed by atoms with van der Waals surface area (Å²) in [6.45, 7) is 4.61. The van der Waals surface area contributed by atoms with Crippen LogP contribution in [0.4, 0.5) is 5.69 Å². The maximum Gasteiger partial charge on any atom is 0.303 e. The van der Waals surface area contributed by atoms with Crippen LogP contribution in [-0.2, 0) is 20.9 Å². The van der Waals surface area contributed by atoms with Gasteiger partial charge in [0.15, 0.2) is 0 Å². The van der Waals surface area contributed by atoms with Gasteiger partial charge in [-0.1, -0.05) is 18.9 Å². The van der Waals surface area contributed by atoms with Crippen molar-refractivity contribution in [2.75, 3.05) is 11.9 Å². The van der Waals surface area contributed by atoms with Crippen LogP contribution < -0.4 is 16.0 Å². The first kappa shape index (κ1) is 24.5. The molecule has 9 nitrogen and oxygen atoms in total. The second kappa shape index (κ2) is 11.2. The summed E-state index contributed by atoms with van der Waals surface area (Å²) >= 11 is 0. The summed E-state index contributed by atoms with van der Waals surface area (Å²) < 4.78 is 0. The van der Waals surface area contributed by atoms with Gasteiger partial charge in [0.05, 0.1) is 0 Å². The highest BCUT2D eigenvalue weighted by Crippen LogP contribution is 2.32. The van der Waals surface area contributed by atoms with E-state index in [0.717, 1.165) is 36.9 Å². The number of aliphatic carboxylic acids is 1. The molecular weight excluding hydrogens is 424 g/mol. The zero-order chi connectivity index (χ0) is 24.0. The number of fused-ring (bicyclic) bond motifs is 1. The number of hydrogen-bond donors (Lipinski definition) is 4.